The Kier molecular flexibility index (Phi) is 6.33. The van der Waals surface area contributed by atoms with Crippen LogP contribution in [0.2, 0.25) is 0 Å². The predicted molar refractivity (Wildman–Crippen MR) is 140 cm³/mol. The molecule has 35 heavy (non-hydrogen) atoms. The summed E-state index contributed by atoms with van der Waals surface area (Å²) in [5.74, 6) is 1.69. The highest BCUT2D eigenvalue weighted by atomic mass is 16.1. The fraction of sp³-hybridized carbons (Fsp3) is 0.500. The number of aryl methyl sites for hydroxylation is 1. The molecule has 1 saturated carbocycles. The minimum atomic E-state index is -0.297. The van der Waals surface area contributed by atoms with Crippen molar-refractivity contribution in [3.05, 3.63) is 69.4 Å². The molecule has 3 aromatic rings. The Bertz CT molecular complexity index is 1320. The quantitative estimate of drug-likeness (QED) is 0.464. The van der Waals surface area contributed by atoms with Crippen molar-refractivity contribution in [2.45, 2.75) is 70.5 Å². The number of benzene rings is 1. The van der Waals surface area contributed by atoms with Gasteiger partial charge in [-0.1, -0.05) is 44.7 Å². The number of hydrogen-bond acceptors (Lipinski definition) is 5. The van der Waals surface area contributed by atoms with Gasteiger partial charge >= 0.3 is 5.69 Å². The number of hydrogen-bond donors (Lipinski definition) is 0. The molecule has 1 aliphatic carbocycles. The van der Waals surface area contributed by atoms with Crippen molar-refractivity contribution in [1.29, 1.82) is 0 Å². The largest absolute Gasteiger partial charge is 0.361 e. The maximum atomic E-state index is 12.7. The molecule has 3 heterocycles. The average molecular weight is 471 g/mol. The van der Waals surface area contributed by atoms with E-state index in [1.165, 1.54) is 28.5 Å². The maximum absolute atomic E-state index is 12.7. The third-order valence-corrected chi connectivity index (χ3v) is 7.82. The fourth-order valence-corrected chi connectivity index (χ4v) is 5.63. The topological polar surface area (TPSA) is 58.6 Å². The van der Waals surface area contributed by atoms with Crippen molar-refractivity contribution in [3.63, 3.8) is 0 Å². The highest BCUT2D eigenvalue weighted by Crippen LogP contribution is 2.41. The summed E-state index contributed by atoms with van der Waals surface area (Å²) in [6.45, 7) is 15.8. The van der Waals surface area contributed by atoms with E-state index in [0.29, 0.717) is 34.8 Å². The van der Waals surface area contributed by atoms with E-state index >= 15 is 0 Å². The number of piperazine rings is 1. The Balaban J connectivity index is 1.48. The number of anilines is 1. The zero-order chi connectivity index (χ0) is 24.7. The molecule has 3 atom stereocenters. The van der Waals surface area contributed by atoms with Crippen LogP contribution in [0.5, 0.6) is 0 Å². The Morgan fingerprint density at radius 1 is 1.09 bits per heavy atom. The van der Waals surface area contributed by atoms with Gasteiger partial charge in [-0.05, 0) is 61.8 Å². The Morgan fingerprint density at radius 2 is 1.83 bits per heavy atom. The first kappa shape index (κ1) is 23.5. The van der Waals surface area contributed by atoms with Crippen molar-refractivity contribution >= 4 is 22.7 Å². The fourth-order valence-electron chi connectivity index (χ4n) is 5.63. The lowest BCUT2D eigenvalue weighted by Crippen LogP contribution is -2.58. The molecule has 0 N–H and O–H groups in total. The van der Waals surface area contributed by atoms with E-state index in [1.807, 2.05) is 0 Å². The molecular formula is C28H34N6O. The van der Waals surface area contributed by atoms with Crippen LogP contribution in [-0.2, 0) is 7.05 Å². The molecule has 0 bridgehead atoms. The minimum Gasteiger partial charge on any atom is -0.361 e. The third-order valence-electron chi connectivity index (χ3n) is 7.82. The summed E-state index contributed by atoms with van der Waals surface area (Å²) in [4.78, 5) is 30.1. The van der Waals surface area contributed by atoms with Gasteiger partial charge in [-0.3, -0.25) is 9.47 Å². The lowest BCUT2D eigenvalue weighted by Gasteiger charge is -2.48. The van der Waals surface area contributed by atoms with E-state index in [4.69, 9.17) is 6.57 Å². The molecule has 1 unspecified atom stereocenters. The van der Waals surface area contributed by atoms with Gasteiger partial charge in [-0.2, -0.15) is 4.98 Å². The number of nitrogens with zero attached hydrogens (tertiary/aromatic N) is 6. The summed E-state index contributed by atoms with van der Waals surface area (Å²) in [7, 11) is 1.71. The first-order valence-corrected chi connectivity index (χ1v) is 12.8. The Morgan fingerprint density at radius 3 is 2.46 bits per heavy atom. The second kappa shape index (κ2) is 9.43. The van der Waals surface area contributed by atoms with Gasteiger partial charge in [0, 0.05) is 38.3 Å². The van der Waals surface area contributed by atoms with Gasteiger partial charge in [0.1, 0.15) is 0 Å². The number of rotatable bonds is 6. The van der Waals surface area contributed by atoms with Crippen LogP contribution in [0.3, 0.4) is 0 Å². The first-order chi connectivity index (χ1) is 16.9. The highest BCUT2D eigenvalue weighted by Gasteiger charge is 2.37. The first-order valence-electron chi connectivity index (χ1n) is 12.8. The minimum absolute atomic E-state index is 0.152. The number of pyridine rings is 1. The lowest BCUT2D eigenvalue weighted by atomic mass is 9.95. The van der Waals surface area contributed by atoms with Crippen molar-refractivity contribution in [1.82, 2.24) is 19.4 Å². The molecule has 0 radical (unpaired) electrons. The monoisotopic (exact) mass is 470 g/mol. The summed E-state index contributed by atoms with van der Waals surface area (Å²) in [5, 5.41) is 0. The second-order valence-corrected chi connectivity index (χ2v) is 10.1. The number of aromatic nitrogens is 3. The summed E-state index contributed by atoms with van der Waals surface area (Å²) in [6, 6.07) is 13.6. The normalized spacial score (nSPS) is 21.7. The zero-order valence-corrected chi connectivity index (χ0v) is 21.1. The summed E-state index contributed by atoms with van der Waals surface area (Å²) < 4.78 is 1.51. The summed E-state index contributed by atoms with van der Waals surface area (Å²) in [5.41, 5.74) is 3.89. The Hall–Kier alpha value is -3.24. The van der Waals surface area contributed by atoms with E-state index in [2.05, 4.69) is 69.6 Å². The standard InChI is InChI=1S/C28H34N6O/c1-6-22-17-33(27-26-24(32(5)28(35)31-27)14-15-25(29-4)30-26)18(3)16-34(22)23(7-2)21-12-10-20(11-13-21)19-8-9-19/h10-15,18-19,22-23H,6-9,16-17H2,1-3,5H3/t18-,22+,23?/m0/s1. The molecule has 7 nitrogen and oxygen atoms in total. The van der Waals surface area contributed by atoms with Crippen LogP contribution in [-0.4, -0.2) is 44.6 Å². The van der Waals surface area contributed by atoms with Gasteiger partial charge in [-0.15, -0.1) is 4.98 Å². The summed E-state index contributed by atoms with van der Waals surface area (Å²) in [6.07, 6.45) is 4.70. The molecule has 2 aliphatic rings. The molecule has 2 fully saturated rings. The van der Waals surface area contributed by atoms with Crippen LogP contribution < -0.4 is 10.6 Å². The van der Waals surface area contributed by atoms with Crippen LogP contribution in [0.1, 0.15) is 69.5 Å². The molecular weight excluding hydrogens is 436 g/mol. The van der Waals surface area contributed by atoms with E-state index in [-0.39, 0.29) is 11.7 Å². The Labute approximate surface area is 207 Å². The molecule has 182 valence electrons. The van der Waals surface area contributed by atoms with Gasteiger partial charge in [-0.25, -0.2) is 4.79 Å². The van der Waals surface area contributed by atoms with E-state index < -0.39 is 0 Å². The molecule has 5 rings (SSSR count). The smallest absolute Gasteiger partial charge is 0.350 e. The van der Waals surface area contributed by atoms with Gasteiger partial charge < -0.3 is 9.74 Å². The van der Waals surface area contributed by atoms with E-state index in [9.17, 15) is 4.79 Å². The zero-order valence-electron chi connectivity index (χ0n) is 21.1. The predicted octanol–water partition coefficient (Wildman–Crippen LogP) is 5.20. The van der Waals surface area contributed by atoms with E-state index in [1.54, 1.807) is 19.2 Å². The van der Waals surface area contributed by atoms with Crippen LogP contribution in [0.15, 0.2) is 41.2 Å². The van der Waals surface area contributed by atoms with Gasteiger partial charge in [0.2, 0.25) is 5.52 Å². The lowest BCUT2D eigenvalue weighted by molar-refractivity contribution is 0.0939. The molecule has 0 amide bonds. The molecule has 1 aromatic carbocycles. The molecule has 7 heteroatoms. The van der Waals surface area contributed by atoms with Crippen molar-refractivity contribution in [2.75, 3.05) is 18.0 Å². The highest BCUT2D eigenvalue weighted by molar-refractivity contribution is 5.87. The van der Waals surface area contributed by atoms with Crippen LogP contribution in [0, 0.1) is 6.57 Å². The third kappa shape index (κ3) is 4.32. The van der Waals surface area contributed by atoms with Crippen LogP contribution in [0.4, 0.5) is 11.6 Å². The molecule has 0 spiro atoms. The average Bonchev–Trinajstić information content (AvgIpc) is 3.73. The van der Waals surface area contributed by atoms with Gasteiger partial charge in [0.05, 0.1) is 5.52 Å². The van der Waals surface area contributed by atoms with Gasteiger partial charge in [0.15, 0.2) is 5.82 Å². The molecule has 2 aromatic heterocycles. The molecule has 1 aliphatic heterocycles. The maximum Gasteiger partial charge on any atom is 0.350 e. The van der Waals surface area contributed by atoms with Crippen molar-refractivity contribution in [3.8, 4) is 0 Å². The van der Waals surface area contributed by atoms with Crippen LogP contribution in [0.25, 0.3) is 15.9 Å². The molecule has 1 saturated heterocycles. The van der Waals surface area contributed by atoms with E-state index in [0.717, 1.165) is 31.8 Å². The summed E-state index contributed by atoms with van der Waals surface area (Å²) >= 11 is 0. The SMILES string of the molecule is [C-]#[N+]c1ccc2c(n1)c(N1C[C@@H](CC)N(C(CC)c3ccc(C4CC4)cc3)C[C@@H]1C)nc(=O)n2C. The number of fused-ring (bicyclic) bond motifs is 1. The van der Waals surface area contributed by atoms with Crippen molar-refractivity contribution in [2.24, 2.45) is 7.05 Å². The van der Waals surface area contributed by atoms with Gasteiger partial charge in [0.25, 0.3) is 5.82 Å². The van der Waals surface area contributed by atoms with Crippen LogP contribution >= 0.6 is 0 Å². The van der Waals surface area contributed by atoms with Crippen molar-refractivity contribution < 1.29 is 0 Å². The second-order valence-electron chi connectivity index (χ2n) is 10.1.